The maximum Gasteiger partial charge on any atom is 0.264 e. The number of rotatable bonds is 4. The van der Waals surface area contributed by atoms with E-state index in [1.165, 1.54) is 23.5 Å². The highest BCUT2D eigenvalue weighted by atomic mass is 32.2. The number of carbonyl (C=O) groups is 1. The van der Waals surface area contributed by atoms with E-state index in [9.17, 15) is 13.2 Å². The van der Waals surface area contributed by atoms with Crippen LogP contribution in [0.1, 0.15) is 21.5 Å². The highest BCUT2D eigenvalue weighted by Crippen LogP contribution is 2.33. The van der Waals surface area contributed by atoms with Crippen molar-refractivity contribution in [2.75, 3.05) is 22.8 Å². The van der Waals surface area contributed by atoms with Crippen molar-refractivity contribution in [2.24, 2.45) is 0 Å². The van der Waals surface area contributed by atoms with E-state index in [-0.39, 0.29) is 10.8 Å². The molecule has 4 rings (SSSR count). The van der Waals surface area contributed by atoms with Gasteiger partial charge in [-0.3, -0.25) is 9.10 Å². The van der Waals surface area contributed by atoms with E-state index in [2.05, 4.69) is 0 Å². The average molecular weight is 407 g/mol. The molecule has 3 aromatic rings. The molecule has 0 aromatic heterocycles. The molecule has 0 aliphatic carbocycles. The number of fused-ring (bicyclic) bond motifs is 1. The summed E-state index contributed by atoms with van der Waals surface area (Å²) in [6, 6.07) is 21.2. The van der Waals surface area contributed by atoms with Crippen molar-refractivity contribution in [1.82, 2.24) is 0 Å². The van der Waals surface area contributed by atoms with E-state index in [0.29, 0.717) is 17.8 Å². The summed E-state index contributed by atoms with van der Waals surface area (Å²) >= 11 is 0. The third kappa shape index (κ3) is 3.40. The molecule has 0 spiro atoms. The molecule has 0 unspecified atom stereocenters. The van der Waals surface area contributed by atoms with Gasteiger partial charge in [-0.1, -0.05) is 42.5 Å². The van der Waals surface area contributed by atoms with Gasteiger partial charge in [0.15, 0.2) is 0 Å². The number of amides is 1. The van der Waals surface area contributed by atoms with Crippen LogP contribution in [0.25, 0.3) is 0 Å². The maximum atomic E-state index is 13.2. The van der Waals surface area contributed by atoms with E-state index in [1.54, 1.807) is 41.3 Å². The number of nitrogens with zero attached hydrogens (tertiary/aromatic N) is 2. The molecule has 0 saturated heterocycles. The summed E-state index contributed by atoms with van der Waals surface area (Å²) < 4.78 is 27.4. The first-order valence-corrected chi connectivity index (χ1v) is 10.9. The van der Waals surface area contributed by atoms with Crippen LogP contribution in [-0.2, 0) is 16.4 Å². The normalized spacial score (nSPS) is 13.2. The first-order chi connectivity index (χ1) is 13.9. The van der Waals surface area contributed by atoms with Gasteiger partial charge in [-0.05, 0) is 54.8 Å². The lowest BCUT2D eigenvalue weighted by atomic mass is 10.1. The summed E-state index contributed by atoms with van der Waals surface area (Å²) in [7, 11) is -2.26. The average Bonchev–Trinajstić information content (AvgIpc) is 3.19. The number of benzene rings is 3. The Bertz CT molecular complexity index is 1170. The molecule has 6 heteroatoms. The van der Waals surface area contributed by atoms with Crippen LogP contribution in [0.4, 0.5) is 11.4 Å². The predicted molar refractivity (Wildman–Crippen MR) is 115 cm³/mol. The first-order valence-electron chi connectivity index (χ1n) is 9.44. The Morgan fingerprint density at radius 3 is 2.45 bits per heavy atom. The number of aryl methyl sites for hydroxylation is 1. The standard InChI is InChI=1S/C23H22N2O3S/c1-17-8-6-9-18-14-15-25(22(17)18)23(26)19-10-7-13-21(16-19)29(27,28)24(2)20-11-4-3-5-12-20/h3-13,16H,14-15H2,1-2H3. The molecule has 0 N–H and O–H groups in total. The third-order valence-corrected chi connectivity index (χ3v) is 7.08. The molecule has 1 heterocycles. The topological polar surface area (TPSA) is 57.7 Å². The minimum Gasteiger partial charge on any atom is -0.307 e. The SMILES string of the molecule is Cc1cccc2c1N(C(=O)c1cccc(S(=O)(=O)N(C)c3ccccc3)c1)CC2. The zero-order valence-electron chi connectivity index (χ0n) is 16.4. The molecule has 1 amide bonds. The quantitative estimate of drug-likeness (QED) is 0.657. The fraction of sp³-hybridized carbons (Fsp3) is 0.174. The zero-order valence-corrected chi connectivity index (χ0v) is 17.2. The number of anilines is 2. The van der Waals surface area contributed by atoms with Gasteiger partial charge in [0.1, 0.15) is 0 Å². The smallest absolute Gasteiger partial charge is 0.264 e. The van der Waals surface area contributed by atoms with Crippen molar-refractivity contribution >= 4 is 27.3 Å². The Balaban J connectivity index is 1.68. The van der Waals surface area contributed by atoms with Crippen LogP contribution in [0.5, 0.6) is 0 Å². The fourth-order valence-corrected chi connectivity index (χ4v) is 4.98. The minimum atomic E-state index is -3.78. The Labute approximate surface area is 171 Å². The van der Waals surface area contributed by atoms with Crippen molar-refractivity contribution in [3.05, 3.63) is 89.5 Å². The van der Waals surface area contributed by atoms with Gasteiger partial charge in [-0.25, -0.2) is 8.42 Å². The summed E-state index contributed by atoms with van der Waals surface area (Å²) in [6.07, 6.45) is 0.803. The summed E-state index contributed by atoms with van der Waals surface area (Å²) in [4.78, 5) is 15.0. The van der Waals surface area contributed by atoms with Gasteiger partial charge >= 0.3 is 0 Å². The van der Waals surface area contributed by atoms with Gasteiger partial charge in [0.25, 0.3) is 15.9 Å². The molecule has 0 fully saturated rings. The third-order valence-electron chi connectivity index (χ3n) is 5.30. The Hall–Kier alpha value is -3.12. The van der Waals surface area contributed by atoms with Crippen molar-refractivity contribution in [1.29, 1.82) is 0 Å². The lowest BCUT2D eigenvalue weighted by Gasteiger charge is -2.21. The van der Waals surface area contributed by atoms with E-state index in [1.807, 2.05) is 31.2 Å². The number of carbonyl (C=O) groups excluding carboxylic acids is 1. The largest absolute Gasteiger partial charge is 0.307 e. The number of hydrogen-bond acceptors (Lipinski definition) is 3. The Morgan fingerprint density at radius 1 is 0.966 bits per heavy atom. The van der Waals surface area contributed by atoms with Gasteiger partial charge in [0, 0.05) is 19.2 Å². The highest BCUT2D eigenvalue weighted by molar-refractivity contribution is 7.92. The molecule has 3 aromatic carbocycles. The van der Waals surface area contributed by atoms with Gasteiger partial charge < -0.3 is 4.90 Å². The van der Waals surface area contributed by atoms with Gasteiger partial charge in [0.2, 0.25) is 0 Å². The Morgan fingerprint density at radius 2 is 1.69 bits per heavy atom. The number of hydrogen-bond donors (Lipinski definition) is 0. The summed E-state index contributed by atoms with van der Waals surface area (Å²) in [5.74, 6) is -0.183. The van der Waals surface area contributed by atoms with Crippen LogP contribution in [0, 0.1) is 6.92 Å². The second-order valence-electron chi connectivity index (χ2n) is 7.13. The van der Waals surface area contributed by atoms with Crippen LogP contribution in [0.2, 0.25) is 0 Å². The van der Waals surface area contributed by atoms with Gasteiger partial charge in [0.05, 0.1) is 16.3 Å². The second-order valence-corrected chi connectivity index (χ2v) is 9.09. The minimum absolute atomic E-state index is 0.0962. The fourth-order valence-electron chi connectivity index (χ4n) is 3.74. The van der Waals surface area contributed by atoms with E-state index in [0.717, 1.165) is 23.2 Å². The van der Waals surface area contributed by atoms with Crippen LogP contribution in [-0.4, -0.2) is 27.9 Å². The van der Waals surface area contributed by atoms with Gasteiger partial charge in [-0.2, -0.15) is 0 Å². The molecule has 0 radical (unpaired) electrons. The molecule has 0 atom stereocenters. The molecular weight excluding hydrogens is 384 g/mol. The van der Waals surface area contributed by atoms with Crippen LogP contribution >= 0.6 is 0 Å². The molecule has 1 aliphatic heterocycles. The number of sulfonamides is 1. The summed E-state index contributed by atoms with van der Waals surface area (Å²) in [5.41, 5.74) is 4.05. The van der Waals surface area contributed by atoms with E-state index >= 15 is 0 Å². The molecule has 0 bridgehead atoms. The lowest BCUT2D eigenvalue weighted by Crippen LogP contribution is -2.30. The molecule has 0 saturated carbocycles. The van der Waals surface area contributed by atoms with Crippen molar-refractivity contribution in [2.45, 2.75) is 18.2 Å². The number of para-hydroxylation sites is 2. The molecule has 5 nitrogen and oxygen atoms in total. The summed E-state index contributed by atoms with van der Waals surface area (Å²) in [5, 5.41) is 0. The molecule has 29 heavy (non-hydrogen) atoms. The lowest BCUT2D eigenvalue weighted by molar-refractivity contribution is 0.0989. The summed E-state index contributed by atoms with van der Waals surface area (Å²) in [6.45, 7) is 2.58. The second kappa shape index (κ2) is 7.37. The molecule has 148 valence electrons. The molecule has 1 aliphatic rings. The monoisotopic (exact) mass is 406 g/mol. The van der Waals surface area contributed by atoms with E-state index < -0.39 is 10.0 Å². The van der Waals surface area contributed by atoms with E-state index in [4.69, 9.17) is 0 Å². The van der Waals surface area contributed by atoms with Crippen molar-refractivity contribution in [3.8, 4) is 0 Å². The first kappa shape index (κ1) is 19.2. The van der Waals surface area contributed by atoms with Gasteiger partial charge in [-0.15, -0.1) is 0 Å². The van der Waals surface area contributed by atoms with Crippen LogP contribution < -0.4 is 9.21 Å². The Kier molecular flexibility index (Phi) is 4.88. The molecular formula is C23H22N2O3S. The van der Waals surface area contributed by atoms with Crippen molar-refractivity contribution < 1.29 is 13.2 Å². The maximum absolute atomic E-state index is 13.2. The predicted octanol–water partition coefficient (Wildman–Crippen LogP) is 4.02. The highest BCUT2D eigenvalue weighted by Gasteiger charge is 2.28. The van der Waals surface area contributed by atoms with Crippen LogP contribution in [0.15, 0.2) is 77.7 Å². The zero-order chi connectivity index (χ0) is 20.6. The van der Waals surface area contributed by atoms with Crippen molar-refractivity contribution in [3.63, 3.8) is 0 Å². The van der Waals surface area contributed by atoms with Crippen LogP contribution in [0.3, 0.4) is 0 Å².